The minimum Gasteiger partial charge on any atom is -0.493 e. The van der Waals surface area contributed by atoms with Crippen LogP contribution in [0.2, 0.25) is 10.0 Å². The number of nitrogens with zero attached hydrogens (tertiary/aromatic N) is 2. The number of benzene rings is 2. The Balaban J connectivity index is 1.65. The summed E-state index contributed by atoms with van der Waals surface area (Å²) in [4.78, 5) is 3.65. The smallest absolute Gasteiger partial charge is 0.417 e. The van der Waals surface area contributed by atoms with Crippen molar-refractivity contribution in [1.29, 1.82) is 0 Å². The molecule has 31 heavy (non-hydrogen) atoms. The van der Waals surface area contributed by atoms with Gasteiger partial charge in [-0.2, -0.15) is 18.3 Å². The van der Waals surface area contributed by atoms with Gasteiger partial charge in [0.15, 0.2) is 17.3 Å². The van der Waals surface area contributed by atoms with Crippen molar-refractivity contribution < 1.29 is 22.6 Å². The summed E-state index contributed by atoms with van der Waals surface area (Å²) >= 11 is 11.7. The topological polar surface area (TPSA) is 55.7 Å². The van der Waals surface area contributed by atoms with E-state index in [9.17, 15) is 13.2 Å². The number of hydrazone groups is 1. The average molecular weight is 470 g/mol. The molecule has 0 unspecified atom stereocenters. The van der Waals surface area contributed by atoms with Gasteiger partial charge in [-0.1, -0.05) is 35.3 Å². The number of alkyl halides is 3. The Kier molecular flexibility index (Phi) is 7.25. The molecule has 0 aliphatic rings. The summed E-state index contributed by atoms with van der Waals surface area (Å²) in [5, 5.41) is 4.41. The highest BCUT2D eigenvalue weighted by atomic mass is 35.5. The van der Waals surface area contributed by atoms with Gasteiger partial charge >= 0.3 is 6.18 Å². The largest absolute Gasteiger partial charge is 0.493 e. The van der Waals surface area contributed by atoms with Crippen LogP contribution in [0.3, 0.4) is 0 Å². The summed E-state index contributed by atoms with van der Waals surface area (Å²) in [6, 6.07) is 13.2. The normalized spacial score (nSPS) is 11.5. The highest BCUT2D eigenvalue weighted by molar-refractivity contribution is 6.33. The van der Waals surface area contributed by atoms with E-state index < -0.39 is 11.7 Å². The zero-order valence-electron chi connectivity index (χ0n) is 16.1. The van der Waals surface area contributed by atoms with Gasteiger partial charge in [-0.25, -0.2) is 4.98 Å². The van der Waals surface area contributed by atoms with Gasteiger partial charge in [-0.15, -0.1) is 0 Å². The number of halogens is 5. The van der Waals surface area contributed by atoms with Crippen LogP contribution < -0.4 is 14.9 Å². The first kappa shape index (κ1) is 22.7. The molecule has 1 heterocycles. The average Bonchev–Trinajstić information content (AvgIpc) is 2.74. The minimum atomic E-state index is -4.52. The van der Waals surface area contributed by atoms with E-state index in [2.05, 4.69) is 15.5 Å². The highest BCUT2D eigenvalue weighted by Gasteiger charge is 2.31. The van der Waals surface area contributed by atoms with Crippen molar-refractivity contribution in [2.24, 2.45) is 5.10 Å². The van der Waals surface area contributed by atoms with Crippen molar-refractivity contribution in [3.63, 3.8) is 0 Å². The van der Waals surface area contributed by atoms with Crippen LogP contribution in [-0.4, -0.2) is 18.3 Å². The van der Waals surface area contributed by atoms with Gasteiger partial charge in [0, 0.05) is 11.2 Å². The second-order valence-corrected chi connectivity index (χ2v) is 7.09. The summed E-state index contributed by atoms with van der Waals surface area (Å²) in [5.41, 5.74) is 3.19. The highest BCUT2D eigenvalue weighted by Crippen LogP contribution is 2.32. The molecule has 0 saturated heterocycles. The third-order valence-corrected chi connectivity index (χ3v) is 4.59. The predicted molar refractivity (Wildman–Crippen MR) is 114 cm³/mol. The zero-order chi connectivity index (χ0) is 22.4. The van der Waals surface area contributed by atoms with E-state index >= 15 is 0 Å². The lowest BCUT2D eigenvalue weighted by molar-refractivity contribution is -0.137. The van der Waals surface area contributed by atoms with E-state index in [-0.39, 0.29) is 10.8 Å². The third-order valence-electron chi connectivity index (χ3n) is 4.05. The van der Waals surface area contributed by atoms with Gasteiger partial charge in [-0.3, -0.25) is 5.43 Å². The summed E-state index contributed by atoms with van der Waals surface area (Å²) in [5.74, 6) is 1.03. The van der Waals surface area contributed by atoms with E-state index in [4.69, 9.17) is 32.7 Å². The van der Waals surface area contributed by atoms with E-state index in [1.54, 1.807) is 30.3 Å². The van der Waals surface area contributed by atoms with Gasteiger partial charge in [-0.05, 0) is 47.5 Å². The van der Waals surface area contributed by atoms with Crippen molar-refractivity contribution in [1.82, 2.24) is 4.98 Å². The molecular weight excluding hydrogens is 454 g/mol. The maximum absolute atomic E-state index is 12.7. The zero-order valence-corrected chi connectivity index (χ0v) is 17.6. The number of nitrogens with one attached hydrogen (secondary N) is 1. The predicted octanol–water partition coefficient (Wildman–Crippen LogP) is 6.44. The minimum absolute atomic E-state index is 0.000740. The molecule has 162 valence electrons. The van der Waals surface area contributed by atoms with Crippen LogP contribution in [0.4, 0.5) is 19.0 Å². The maximum atomic E-state index is 12.7. The number of hydrogen-bond acceptors (Lipinski definition) is 5. The fraction of sp³-hybridized carbons (Fsp3) is 0.143. The fourth-order valence-corrected chi connectivity index (χ4v) is 2.80. The Morgan fingerprint density at radius 1 is 1.06 bits per heavy atom. The van der Waals surface area contributed by atoms with Gasteiger partial charge in [0.25, 0.3) is 0 Å². The molecule has 0 amide bonds. The van der Waals surface area contributed by atoms with E-state index in [0.29, 0.717) is 34.9 Å². The summed E-state index contributed by atoms with van der Waals surface area (Å²) < 4.78 is 49.1. The number of ether oxygens (including phenoxy) is 2. The van der Waals surface area contributed by atoms with E-state index in [1.165, 1.54) is 13.3 Å². The maximum Gasteiger partial charge on any atom is 0.417 e. The molecule has 0 aliphatic carbocycles. The van der Waals surface area contributed by atoms with Crippen LogP contribution in [0, 0.1) is 0 Å². The molecule has 0 saturated carbocycles. The van der Waals surface area contributed by atoms with Crippen molar-refractivity contribution >= 4 is 35.2 Å². The quantitative estimate of drug-likeness (QED) is 0.319. The van der Waals surface area contributed by atoms with Crippen molar-refractivity contribution in [2.75, 3.05) is 12.5 Å². The van der Waals surface area contributed by atoms with Crippen molar-refractivity contribution in [3.8, 4) is 11.5 Å². The van der Waals surface area contributed by atoms with Crippen molar-refractivity contribution in [2.45, 2.75) is 12.8 Å². The lowest BCUT2D eigenvalue weighted by Crippen LogP contribution is -2.06. The van der Waals surface area contributed by atoms with Crippen molar-refractivity contribution in [3.05, 3.63) is 81.5 Å². The molecule has 1 N–H and O–H groups in total. The molecule has 0 spiro atoms. The first-order valence-corrected chi connectivity index (χ1v) is 9.59. The Labute approximate surface area is 186 Å². The monoisotopic (exact) mass is 469 g/mol. The van der Waals surface area contributed by atoms with Gasteiger partial charge in [0.2, 0.25) is 0 Å². The van der Waals surface area contributed by atoms with Gasteiger partial charge in [0.05, 0.1) is 23.9 Å². The number of rotatable bonds is 7. The van der Waals surface area contributed by atoms with Crippen LogP contribution in [0.5, 0.6) is 11.5 Å². The first-order chi connectivity index (χ1) is 14.8. The second-order valence-electron chi connectivity index (χ2n) is 6.25. The SMILES string of the molecule is COc1cc(/C=N\Nc2ncc(C(F)(F)F)cc2Cl)ccc1OCc1ccc(Cl)cc1. The molecule has 5 nitrogen and oxygen atoms in total. The molecule has 0 fully saturated rings. The van der Waals surface area contributed by atoms with Crippen LogP contribution in [0.15, 0.2) is 59.8 Å². The second kappa shape index (κ2) is 9.89. The molecule has 0 bridgehead atoms. The Morgan fingerprint density at radius 2 is 1.81 bits per heavy atom. The Morgan fingerprint density at radius 3 is 2.45 bits per heavy atom. The van der Waals surface area contributed by atoms with E-state index in [1.807, 2.05) is 12.1 Å². The Hall–Kier alpha value is -2.97. The van der Waals surface area contributed by atoms with Crippen LogP contribution in [0.25, 0.3) is 0 Å². The summed E-state index contributed by atoms with van der Waals surface area (Å²) in [6.45, 7) is 0.334. The van der Waals surface area contributed by atoms with Crippen LogP contribution >= 0.6 is 23.2 Å². The third kappa shape index (κ3) is 6.26. The molecule has 3 aromatic rings. The fourth-order valence-electron chi connectivity index (χ4n) is 2.47. The molecule has 3 rings (SSSR count). The number of anilines is 1. The Bertz CT molecular complexity index is 1070. The first-order valence-electron chi connectivity index (χ1n) is 8.83. The molecule has 0 aliphatic heterocycles. The standard InChI is InChI=1S/C21H16Cl2F3N3O2/c1-30-19-8-14(4-7-18(19)31-12-13-2-5-16(22)6-3-13)10-28-29-20-17(23)9-15(11-27-20)21(24,25)26/h2-11H,12H2,1H3,(H,27,29)/b28-10-. The number of hydrogen-bond donors (Lipinski definition) is 1. The number of methoxy groups -OCH3 is 1. The van der Waals surface area contributed by atoms with Crippen LogP contribution in [0.1, 0.15) is 16.7 Å². The van der Waals surface area contributed by atoms with Gasteiger partial charge < -0.3 is 9.47 Å². The van der Waals surface area contributed by atoms with E-state index in [0.717, 1.165) is 11.6 Å². The lowest BCUT2D eigenvalue weighted by Gasteiger charge is -2.11. The molecule has 10 heteroatoms. The molecule has 1 aromatic heterocycles. The summed E-state index contributed by atoms with van der Waals surface area (Å²) in [6.07, 6.45) is -2.40. The molecule has 0 atom stereocenters. The lowest BCUT2D eigenvalue weighted by atomic mass is 10.2. The summed E-state index contributed by atoms with van der Waals surface area (Å²) in [7, 11) is 1.51. The number of pyridine rings is 1. The molecular formula is C21H16Cl2F3N3O2. The molecule has 0 radical (unpaired) electrons. The molecule has 2 aromatic carbocycles. The number of aromatic nitrogens is 1. The van der Waals surface area contributed by atoms with Crippen LogP contribution in [-0.2, 0) is 12.8 Å². The van der Waals surface area contributed by atoms with Gasteiger partial charge in [0.1, 0.15) is 6.61 Å².